The number of carbonyl (C=O) groups excluding carboxylic acids is 2. The van der Waals surface area contributed by atoms with Crippen LogP contribution in [-0.2, 0) is 9.63 Å². The molecule has 0 saturated carbocycles. The number of nitrogens with zero attached hydrogens (tertiary/aromatic N) is 1. The minimum Gasteiger partial charge on any atom is -0.457 e. The van der Waals surface area contributed by atoms with Gasteiger partial charge in [0.25, 0.3) is 0 Å². The summed E-state index contributed by atoms with van der Waals surface area (Å²) >= 11 is 0. The van der Waals surface area contributed by atoms with Crippen LogP contribution in [-0.4, -0.2) is 17.5 Å². The molecule has 104 valence electrons. The van der Waals surface area contributed by atoms with Gasteiger partial charge in [-0.25, -0.2) is 4.79 Å². The molecule has 5 heteroatoms. The van der Waals surface area contributed by atoms with Crippen LogP contribution in [0.3, 0.4) is 0 Å². The highest BCUT2D eigenvalue weighted by Crippen LogP contribution is 2.19. The molecule has 5 nitrogen and oxygen atoms in total. The van der Waals surface area contributed by atoms with E-state index in [1.807, 2.05) is 13.8 Å². The van der Waals surface area contributed by atoms with Crippen molar-refractivity contribution in [3.63, 3.8) is 0 Å². The zero-order valence-corrected chi connectivity index (χ0v) is 11.5. The van der Waals surface area contributed by atoms with Gasteiger partial charge in [-0.1, -0.05) is 19.0 Å². The summed E-state index contributed by atoms with van der Waals surface area (Å²) < 4.78 is 4.91. The van der Waals surface area contributed by atoms with Crippen LogP contribution in [0.4, 0.5) is 0 Å². The molecule has 0 spiro atoms. The van der Waals surface area contributed by atoms with Gasteiger partial charge in [-0.2, -0.15) is 0 Å². The molecule has 1 aliphatic carbocycles. The van der Waals surface area contributed by atoms with Crippen molar-refractivity contribution in [2.45, 2.75) is 20.8 Å². The lowest BCUT2D eigenvalue weighted by atomic mass is 9.90. The topological polar surface area (TPSA) is 68.9 Å². The largest absolute Gasteiger partial charge is 0.457 e. The van der Waals surface area contributed by atoms with E-state index in [4.69, 9.17) is 9.25 Å². The van der Waals surface area contributed by atoms with Crippen LogP contribution in [0.2, 0.25) is 0 Å². The highest BCUT2D eigenvalue weighted by atomic mass is 16.7. The highest BCUT2D eigenvalue weighted by molar-refractivity contribution is 6.21. The molecule has 0 saturated heterocycles. The fraction of sp³-hybridized carbons (Fsp3) is 0.267. The average Bonchev–Trinajstić information content (AvgIpc) is 2.90. The number of rotatable bonds is 3. The van der Waals surface area contributed by atoms with Crippen molar-refractivity contribution in [2.24, 2.45) is 11.1 Å². The maximum atomic E-state index is 11.8. The van der Waals surface area contributed by atoms with Gasteiger partial charge in [0.05, 0.1) is 6.26 Å². The predicted molar refractivity (Wildman–Crippen MR) is 73.2 cm³/mol. The van der Waals surface area contributed by atoms with Crippen molar-refractivity contribution < 1.29 is 18.8 Å². The van der Waals surface area contributed by atoms with Crippen LogP contribution in [0, 0.1) is 5.92 Å². The second-order valence-corrected chi connectivity index (χ2v) is 4.78. The number of hydrogen-bond acceptors (Lipinski definition) is 5. The Morgan fingerprint density at radius 1 is 1.35 bits per heavy atom. The Bertz CT molecular complexity index is 618. The summed E-state index contributed by atoms with van der Waals surface area (Å²) in [4.78, 5) is 28.2. The maximum Gasteiger partial charge on any atom is 0.400 e. The Labute approximate surface area is 116 Å². The van der Waals surface area contributed by atoms with Gasteiger partial charge in [0.15, 0.2) is 5.78 Å². The summed E-state index contributed by atoms with van der Waals surface area (Å²) in [6.45, 7) is 5.58. The third-order valence-electron chi connectivity index (χ3n) is 2.90. The number of carbonyl (C=O) groups is 2. The highest BCUT2D eigenvalue weighted by Gasteiger charge is 2.19. The van der Waals surface area contributed by atoms with Gasteiger partial charge >= 0.3 is 5.97 Å². The minimum atomic E-state index is -0.674. The minimum absolute atomic E-state index is 0.0335. The molecule has 0 atom stereocenters. The van der Waals surface area contributed by atoms with Crippen molar-refractivity contribution >= 4 is 17.5 Å². The summed E-state index contributed by atoms with van der Waals surface area (Å²) in [7, 11) is 0. The molecule has 0 N–H and O–H groups in total. The average molecular weight is 273 g/mol. The van der Waals surface area contributed by atoms with Crippen LogP contribution >= 0.6 is 0 Å². The van der Waals surface area contributed by atoms with Crippen molar-refractivity contribution in [3.8, 4) is 0 Å². The molecule has 0 fully saturated rings. The van der Waals surface area contributed by atoms with Crippen LogP contribution in [0.5, 0.6) is 0 Å². The van der Waals surface area contributed by atoms with Crippen molar-refractivity contribution in [1.82, 2.24) is 0 Å². The van der Waals surface area contributed by atoms with Crippen LogP contribution < -0.4 is 0 Å². The van der Waals surface area contributed by atoms with Gasteiger partial charge in [-0.15, -0.1) is 0 Å². The van der Waals surface area contributed by atoms with Gasteiger partial charge in [0.2, 0.25) is 5.76 Å². The number of oxime groups is 1. The molecule has 0 aromatic carbocycles. The third-order valence-corrected chi connectivity index (χ3v) is 2.90. The number of allylic oxidation sites excluding steroid dienone is 4. The monoisotopic (exact) mass is 273 g/mol. The quantitative estimate of drug-likeness (QED) is 0.482. The second kappa shape index (κ2) is 5.69. The van der Waals surface area contributed by atoms with Gasteiger partial charge < -0.3 is 9.25 Å². The van der Waals surface area contributed by atoms with Gasteiger partial charge in [-0.05, 0) is 42.7 Å². The summed E-state index contributed by atoms with van der Waals surface area (Å²) in [5, 5.41) is 3.80. The van der Waals surface area contributed by atoms with E-state index in [-0.39, 0.29) is 17.5 Å². The Morgan fingerprint density at radius 2 is 2.10 bits per heavy atom. The first kappa shape index (κ1) is 14.0. The maximum absolute atomic E-state index is 11.8. The standard InChI is InChI=1S/C15H15NO4/c1-9(2)11-8-12(10(3)7-13(11)17)16-20-15(18)14-5-4-6-19-14/h4-9H,1-3H3. The van der Waals surface area contributed by atoms with Gasteiger partial charge in [0, 0.05) is 5.57 Å². The van der Waals surface area contributed by atoms with Crippen LogP contribution in [0.25, 0.3) is 0 Å². The van der Waals surface area contributed by atoms with E-state index in [1.165, 1.54) is 18.4 Å². The fourth-order valence-corrected chi connectivity index (χ4v) is 1.77. The van der Waals surface area contributed by atoms with E-state index >= 15 is 0 Å². The molecule has 1 aromatic rings. The number of hydrogen-bond donors (Lipinski definition) is 0. The predicted octanol–water partition coefficient (Wildman–Crippen LogP) is 2.90. The number of furan rings is 1. The van der Waals surface area contributed by atoms with Gasteiger partial charge in [-0.3, -0.25) is 4.79 Å². The second-order valence-electron chi connectivity index (χ2n) is 4.78. The molecule has 1 aromatic heterocycles. The first-order valence-electron chi connectivity index (χ1n) is 6.26. The smallest absolute Gasteiger partial charge is 0.400 e. The first-order valence-corrected chi connectivity index (χ1v) is 6.26. The summed E-state index contributed by atoms with van der Waals surface area (Å²) in [5.74, 6) is -0.547. The summed E-state index contributed by atoms with van der Waals surface area (Å²) in [6.07, 6.45) is 4.53. The lowest BCUT2D eigenvalue weighted by molar-refractivity contribution is -0.111. The summed E-state index contributed by atoms with van der Waals surface area (Å²) in [6, 6.07) is 3.08. The van der Waals surface area contributed by atoms with Crippen LogP contribution in [0.1, 0.15) is 31.3 Å². The molecule has 0 amide bonds. The molecule has 0 bridgehead atoms. The van der Waals surface area contributed by atoms with E-state index in [0.29, 0.717) is 16.9 Å². The Balaban J connectivity index is 2.18. The van der Waals surface area contributed by atoms with Gasteiger partial charge in [0.1, 0.15) is 5.71 Å². The fourth-order valence-electron chi connectivity index (χ4n) is 1.77. The van der Waals surface area contributed by atoms with E-state index in [1.54, 1.807) is 19.1 Å². The first-order chi connectivity index (χ1) is 9.49. The van der Waals surface area contributed by atoms with Crippen LogP contribution in [0.15, 0.2) is 51.3 Å². The van der Waals surface area contributed by atoms with E-state index in [0.717, 1.165) is 0 Å². The molecule has 0 aliphatic heterocycles. The molecule has 1 aliphatic rings. The lowest BCUT2D eigenvalue weighted by Gasteiger charge is -2.14. The Kier molecular flexibility index (Phi) is 3.98. The molecule has 2 rings (SSSR count). The van der Waals surface area contributed by atoms with Crippen molar-refractivity contribution in [1.29, 1.82) is 0 Å². The van der Waals surface area contributed by atoms with E-state index in [9.17, 15) is 9.59 Å². The van der Waals surface area contributed by atoms with Crippen molar-refractivity contribution in [3.05, 3.63) is 47.5 Å². The Hall–Kier alpha value is -2.43. The molecule has 0 radical (unpaired) electrons. The van der Waals surface area contributed by atoms with E-state index < -0.39 is 5.97 Å². The van der Waals surface area contributed by atoms with Crippen molar-refractivity contribution in [2.75, 3.05) is 0 Å². The zero-order valence-electron chi connectivity index (χ0n) is 11.5. The molecule has 0 unspecified atom stereocenters. The molecular weight excluding hydrogens is 258 g/mol. The third kappa shape index (κ3) is 2.93. The summed E-state index contributed by atoms with van der Waals surface area (Å²) in [5.41, 5.74) is 1.77. The molecule has 1 heterocycles. The van der Waals surface area contributed by atoms with E-state index in [2.05, 4.69) is 5.16 Å². The molecule has 20 heavy (non-hydrogen) atoms. The Morgan fingerprint density at radius 3 is 2.70 bits per heavy atom. The normalized spacial score (nSPS) is 17.2. The lowest BCUT2D eigenvalue weighted by Crippen LogP contribution is -2.16. The number of ketones is 1. The molecular formula is C15H15NO4. The SMILES string of the molecule is CC1=CC(=O)C(C(C)C)=CC1=NOC(=O)c1ccco1. The zero-order chi connectivity index (χ0) is 14.7.